The van der Waals surface area contributed by atoms with E-state index in [-0.39, 0.29) is 6.42 Å². The summed E-state index contributed by atoms with van der Waals surface area (Å²) < 4.78 is 17.5. The number of rotatable bonds is 4. The summed E-state index contributed by atoms with van der Waals surface area (Å²) in [6.45, 7) is 6.19. The Kier molecular flexibility index (Phi) is 5.20. The fraction of sp³-hybridized carbons (Fsp3) is 0.800. The molecule has 0 fully saturated rings. The minimum Gasteiger partial charge on any atom is -0.480 e. The van der Waals surface area contributed by atoms with Crippen LogP contribution in [0.5, 0.6) is 0 Å². The zero-order chi connectivity index (χ0) is 12.9. The van der Waals surface area contributed by atoms with Crippen molar-refractivity contribution < 1.29 is 23.8 Å². The van der Waals surface area contributed by atoms with Gasteiger partial charge in [-0.2, -0.15) is 0 Å². The van der Waals surface area contributed by atoms with Crippen LogP contribution in [0.2, 0.25) is 0 Å². The van der Waals surface area contributed by atoms with E-state index >= 15 is 0 Å². The summed E-state index contributed by atoms with van der Waals surface area (Å²) in [7, 11) is 0. The minimum absolute atomic E-state index is 0.283. The van der Waals surface area contributed by atoms with Crippen LogP contribution < -0.4 is 5.32 Å². The van der Waals surface area contributed by atoms with E-state index in [0.29, 0.717) is 0 Å². The van der Waals surface area contributed by atoms with Gasteiger partial charge in [0.25, 0.3) is 0 Å². The average Bonchev–Trinajstić information content (AvgIpc) is 1.97. The highest BCUT2D eigenvalue weighted by molar-refractivity contribution is 5.80. The van der Waals surface area contributed by atoms with E-state index in [1.54, 1.807) is 20.8 Å². The molecule has 0 heterocycles. The lowest BCUT2D eigenvalue weighted by atomic mass is 10.1. The van der Waals surface area contributed by atoms with Gasteiger partial charge in [-0.05, 0) is 27.7 Å². The third kappa shape index (κ3) is 7.03. The lowest BCUT2D eigenvalue weighted by molar-refractivity contribution is -0.140. The molecule has 16 heavy (non-hydrogen) atoms. The van der Waals surface area contributed by atoms with Gasteiger partial charge in [-0.15, -0.1) is 0 Å². The molecule has 0 aromatic carbocycles. The highest BCUT2D eigenvalue weighted by atomic mass is 19.1. The zero-order valence-corrected chi connectivity index (χ0v) is 9.91. The molecule has 2 N–H and O–H groups in total. The summed E-state index contributed by atoms with van der Waals surface area (Å²) in [6.07, 6.45) is -2.45. The number of nitrogens with one attached hydrogen (secondary N) is 1. The van der Waals surface area contributed by atoms with Crippen molar-refractivity contribution in [1.82, 2.24) is 5.32 Å². The number of hydrogen-bond acceptors (Lipinski definition) is 3. The fourth-order valence-electron chi connectivity index (χ4n) is 0.996. The minimum atomic E-state index is -1.31. The van der Waals surface area contributed by atoms with Crippen molar-refractivity contribution in [3.8, 4) is 0 Å². The summed E-state index contributed by atoms with van der Waals surface area (Å²) in [5.41, 5.74) is -0.714. The van der Waals surface area contributed by atoms with Gasteiger partial charge in [-0.25, -0.2) is 14.0 Å². The van der Waals surface area contributed by atoms with Crippen LogP contribution in [0, 0.1) is 0 Å². The second-order valence-corrected chi connectivity index (χ2v) is 4.55. The lowest BCUT2D eigenvalue weighted by Crippen LogP contribution is -2.44. The molecule has 0 aliphatic rings. The van der Waals surface area contributed by atoms with Crippen LogP contribution in [-0.4, -0.2) is 35.0 Å². The summed E-state index contributed by atoms with van der Waals surface area (Å²) >= 11 is 0. The van der Waals surface area contributed by atoms with Gasteiger partial charge in [0.1, 0.15) is 11.6 Å². The molecule has 0 aromatic rings. The van der Waals surface area contributed by atoms with Gasteiger partial charge >= 0.3 is 12.1 Å². The number of alkyl halides is 1. The number of hydrogen-bond donors (Lipinski definition) is 2. The largest absolute Gasteiger partial charge is 0.480 e. The number of halogens is 1. The molecular formula is C10H18FNO4. The number of alkyl carbamates (subject to hydrolysis) is 1. The third-order valence-corrected chi connectivity index (χ3v) is 1.55. The van der Waals surface area contributed by atoms with Crippen molar-refractivity contribution in [2.45, 2.75) is 51.9 Å². The average molecular weight is 235 g/mol. The van der Waals surface area contributed by atoms with Crippen molar-refractivity contribution in [3.05, 3.63) is 0 Å². The highest BCUT2D eigenvalue weighted by Gasteiger charge is 2.25. The van der Waals surface area contributed by atoms with Crippen LogP contribution in [-0.2, 0) is 9.53 Å². The number of aliphatic carboxylic acids is 1. The zero-order valence-electron chi connectivity index (χ0n) is 9.91. The number of carbonyl (C=O) groups excluding carboxylic acids is 1. The summed E-state index contributed by atoms with van der Waals surface area (Å²) in [4.78, 5) is 21.9. The molecule has 0 aliphatic heterocycles. The predicted octanol–water partition coefficient (Wildman–Crippen LogP) is 1.71. The topological polar surface area (TPSA) is 75.6 Å². The van der Waals surface area contributed by atoms with Gasteiger partial charge in [0.15, 0.2) is 0 Å². The van der Waals surface area contributed by atoms with Crippen molar-refractivity contribution in [3.63, 3.8) is 0 Å². The monoisotopic (exact) mass is 235 g/mol. The predicted molar refractivity (Wildman–Crippen MR) is 56.0 cm³/mol. The Hall–Kier alpha value is -1.33. The smallest absolute Gasteiger partial charge is 0.408 e. The fourth-order valence-corrected chi connectivity index (χ4v) is 0.996. The Morgan fingerprint density at radius 2 is 1.94 bits per heavy atom. The van der Waals surface area contributed by atoms with E-state index in [1.807, 2.05) is 0 Å². The lowest BCUT2D eigenvalue weighted by Gasteiger charge is -2.22. The molecule has 0 spiro atoms. The van der Waals surface area contributed by atoms with Gasteiger partial charge in [0.05, 0.1) is 6.17 Å². The van der Waals surface area contributed by atoms with Crippen LogP contribution in [0.25, 0.3) is 0 Å². The number of carbonyl (C=O) groups is 2. The van der Waals surface area contributed by atoms with E-state index in [0.717, 1.165) is 0 Å². The quantitative estimate of drug-likeness (QED) is 0.777. The Morgan fingerprint density at radius 1 is 1.44 bits per heavy atom. The Labute approximate surface area is 94.0 Å². The van der Waals surface area contributed by atoms with Crippen molar-refractivity contribution >= 4 is 12.1 Å². The second-order valence-electron chi connectivity index (χ2n) is 4.55. The maximum absolute atomic E-state index is 12.6. The van der Waals surface area contributed by atoms with E-state index in [9.17, 15) is 14.0 Å². The molecule has 5 nitrogen and oxygen atoms in total. The summed E-state index contributed by atoms with van der Waals surface area (Å²) in [6, 6.07) is -1.27. The first-order valence-electron chi connectivity index (χ1n) is 4.98. The SMILES string of the molecule is CC(F)CC(NC(=O)OC(C)(C)C)C(=O)O. The van der Waals surface area contributed by atoms with Crippen LogP contribution in [0.3, 0.4) is 0 Å². The number of carboxylic acid groups (broad SMARTS) is 1. The molecule has 6 heteroatoms. The third-order valence-electron chi connectivity index (χ3n) is 1.55. The van der Waals surface area contributed by atoms with Gasteiger partial charge in [-0.1, -0.05) is 0 Å². The van der Waals surface area contributed by atoms with Gasteiger partial charge in [0.2, 0.25) is 0 Å². The van der Waals surface area contributed by atoms with Crippen LogP contribution in [0.15, 0.2) is 0 Å². The molecule has 0 bridgehead atoms. The molecular weight excluding hydrogens is 217 g/mol. The van der Waals surface area contributed by atoms with Gasteiger partial charge < -0.3 is 15.2 Å². The van der Waals surface area contributed by atoms with Gasteiger partial charge in [0, 0.05) is 6.42 Å². The molecule has 0 aliphatic carbocycles. The van der Waals surface area contributed by atoms with E-state index in [2.05, 4.69) is 5.32 Å². The molecule has 0 radical (unpaired) electrons. The van der Waals surface area contributed by atoms with E-state index in [4.69, 9.17) is 9.84 Å². The summed E-state index contributed by atoms with van der Waals surface area (Å²) in [5.74, 6) is -1.28. The number of carboxylic acids is 1. The molecule has 0 saturated carbocycles. The molecule has 2 unspecified atom stereocenters. The Balaban J connectivity index is 4.30. The molecule has 2 atom stereocenters. The molecule has 0 rings (SSSR count). The standard InChI is InChI=1S/C10H18FNO4/c1-6(11)5-7(8(13)14)12-9(15)16-10(2,3)4/h6-7H,5H2,1-4H3,(H,12,15)(H,13,14). The molecule has 94 valence electrons. The Morgan fingerprint density at radius 3 is 2.25 bits per heavy atom. The number of amides is 1. The van der Waals surface area contributed by atoms with E-state index in [1.165, 1.54) is 6.92 Å². The van der Waals surface area contributed by atoms with Crippen LogP contribution in [0.1, 0.15) is 34.1 Å². The highest BCUT2D eigenvalue weighted by Crippen LogP contribution is 2.08. The van der Waals surface area contributed by atoms with Crippen molar-refractivity contribution in [2.24, 2.45) is 0 Å². The normalized spacial score (nSPS) is 15.1. The maximum atomic E-state index is 12.6. The first-order chi connectivity index (χ1) is 7.11. The van der Waals surface area contributed by atoms with Crippen molar-refractivity contribution in [1.29, 1.82) is 0 Å². The van der Waals surface area contributed by atoms with Crippen LogP contribution >= 0.6 is 0 Å². The maximum Gasteiger partial charge on any atom is 0.408 e. The first-order valence-corrected chi connectivity index (χ1v) is 4.98. The second kappa shape index (κ2) is 5.67. The first kappa shape index (κ1) is 14.7. The van der Waals surface area contributed by atoms with E-state index < -0.39 is 29.9 Å². The van der Waals surface area contributed by atoms with Crippen molar-refractivity contribution in [2.75, 3.05) is 0 Å². The van der Waals surface area contributed by atoms with Crippen LogP contribution in [0.4, 0.5) is 9.18 Å². The molecule has 1 amide bonds. The molecule has 0 aromatic heterocycles. The molecule has 0 saturated heterocycles. The summed E-state index contributed by atoms with van der Waals surface area (Å²) in [5, 5.41) is 10.8. The number of ether oxygens (including phenoxy) is 1. The Bertz CT molecular complexity index is 260. The van der Waals surface area contributed by atoms with Gasteiger partial charge in [-0.3, -0.25) is 0 Å².